The van der Waals surface area contributed by atoms with E-state index in [2.05, 4.69) is 40.5 Å². The molecule has 27 heavy (non-hydrogen) atoms. The molecule has 5 fully saturated rings. The molecule has 1 aromatic carbocycles. The molecular weight excluding hydrogens is 332 g/mol. The molecule has 146 valence electrons. The number of benzene rings is 1. The lowest BCUT2D eigenvalue weighted by Crippen LogP contribution is -2.61. The van der Waals surface area contributed by atoms with E-state index in [-0.39, 0.29) is 11.4 Å². The van der Waals surface area contributed by atoms with Crippen molar-refractivity contribution < 1.29 is 4.79 Å². The van der Waals surface area contributed by atoms with Gasteiger partial charge in [0.15, 0.2) is 0 Å². The first-order chi connectivity index (χ1) is 13.2. The smallest absolute Gasteiger partial charge is 0.239 e. The Morgan fingerprint density at radius 2 is 1.52 bits per heavy atom. The molecule has 0 heterocycles. The molecule has 3 heteroatoms. The zero-order chi connectivity index (χ0) is 18.3. The third-order valence-corrected chi connectivity index (χ3v) is 7.86. The number of nitrogens with zero attached hydrogens (tertiary/aromatic N) is 1. The highest BCUT2D eigenvalue weighted by molar-refractivity contribution is 5.82. The molecule has 5 aliphatic carbocycles. The minimum absolute atomic E-state index is 0.126. The molecule has 5 saturated carbocycles. The van der Waals surface area contributed by atoms with E-state index in [4.69, 9.17) is 0 Å². The van der Waals surface area contributed by atoms with Crippen LogP contribution in [0.4, 0.5) is 5.69 Å². The molecule has 0 spiro atoms. The fourth-order valence-corrected chi connectivity index (χ4v) is 7.20. The predicted molar refractivity (Wildman–Crippen MR) is 110 cm³/mol. The Hall–Kier alpha value is -1.51. The quantitative estimate of drug-likeness (QED) is 0.803. The molecule has 6 rings (SSSR count). The van der Waals surface area contributed by atoms with E-state index < -0.39 is 0 Å². The van der Waals surface area contributed by atoms with Gasteiger partial charge in [0.1, 0.15) is 0 Å². The third kappa shape index (κ3) is 3.62. The first-order valence-corrected chi connectivity index (χ1v) is 11.3. The summed E-state index contributed by atoms with van der Waals surface area (Å²) in [4.78, 5) is 15.6. The van der Waals surface area contributed by atoms with E-state index in [0.29, 0.717) is 12.6 Å². The van der Waals surface area contributed by atoms with Gasteiger partial charge in [0.05, 0.1) is 6.54 Å². The zero-order valence-corrected chi connectivity index (χ0v) is 16.5. The van der Waals surface area contributed by atoms with Crippen LogP contribution in [0.5, 0.6) is 0 Å². The predicted octanol–water partition coefficient (Wildman–Crippen LogP) is 4.91. The van der Waals surface area contributed by atoms with E-state index >= 15 is 0 Å². The number of nitrogens with one attached hydrogen (secondary N) is 1. The van der Waals surface area contributed by atoms with Crippen LogP contribution in [-0.4, -0.2) is 24.0 Å². The minimum Gasteiger partial charge on any atom is -0.359 e. The molecule has 0 unspecified atom stereocenters. The van der Waals surface area contributed by atoms with Gasteiger partial charge < -0.3 is 10.2 Å². The van der Waals surface area contributed by atoms with Gasteiger partial charge in [-0.3, -0.25) is 4.79 Å². The van der Waals surface area contributed by atoms with Crippen molar-refractivity contribution in [1.29, 1.82) is 0 Å². The number of anilines is 1. The summed E-state index contributed by atoms with van der Waals surface area (Å²) in [6.45, 7) is 0.524. The van der Waals surface area contributed by atoms with Gasteiger partial charge in [-0.1, -0.05) is 37.5 Å². The van der Waals surface area contributed by atoms with Gasteiger partial charge in [-0.15, -0.1) is 0 Å². The normalized spacial score (nSPS) is 35.2. The molecule has 1 amide bonds. The molecule has 0 saturated heterocycles. The van der Waals surface area contributed by atoms with Gasteiger partial charge in [0.2, 0.25) is 5.91 Å². The maximum atomic E-state index is 13.2. The summed E-state index contributed by atoms with van der Waals surface area (Å²) in [7, 11) is 0. The fraction of sp³-hybridized carbons (Fsp3) is 0.708. The zero-order valence-electron chi connectivity index (χ0n) is 16.5. The number of carbonyl (C=O) groups is 1. The van der Waals surface area contributed by atoms with Gasteiger partial charge in [0.25, 0.3) is 0 Å². The lowest BCUT2D eigenvalue weighted by molar-refractivity contribution is -0.125. The van der Waals surface area contributed by atoms with E-state index in [0.717, 1.165) is 17.8 Å². The van der Waals surface area contributed by atoms with Crippen LogP contribution < -0.4 is 10.2 Å². The topological polar surface area (TPSA) is 32.3 Å². The molecule has 0 atom stereocenters. The molecule has 0 radical (unpaired) electrons. The van der Waals surface area contributed by atoms with Crippen LogP contribution in [0.3, 0.4) is 0 Å². The van der Waals surface area contributed by atoms with Crippen LogP contribution in [0.1, 0.15) is 70.6 Å². The Morgan fingerprint density at radius 3 is 2.11 bits per heavy atom. The van der Waals surface area contributed by atoms with Crippen molar-refractivity contribution >= 4 is 11.6 Å². The SMILES string of the molecule is O=C(CN(c1ccccc1)C1CCCCC1)NC12CC3CC(CC(C3)C1)C2. The molecule has 1 N–H and O–H groups in total. The van der Waals surface area contributed by atoms with Crippen molar-refractivity contribution in [1.82, 2.24) is 5.32 Å². The molecular formula is C24H34N2O. The van der Waals surface area contributed by atoms with Crippen LogP contribution in [0.2, 0.25) is 0 Å². The Labute approximate surface area is 163 Å². The number of carbonyl (C=O) groups excluding carboxylic acids is 1. The first kappa shape index (κ1) is 17.6. The summed E-state index contributed by atoms with van der Waals surface area (Å²) in [6.07, 6.45) is 14.4. The second-order valence-corrected chi connectivity index (χ2v) is 10.0. The van der Waals surface area contributed by atoms with Crippen molar-refractivity contribution in [3.8, 4) is 0 Å². The maximum absolute atomic E-state index is 13.2. The Morgan fingerprint density at radius 1 is 0.926 bits per heavy atom. The third-order valence-electron chi connectivity index (χ3n) is 7.86. The van der Waals surface area contributed by atoms with Gasteiger partial charge in [0, 0.05) is 17.3 Å². The van der Waals surface area contributed by atoms with E-state index in [1.807, 2.05) is 0 Å². The van der Waals surface area contributed by atoms with Gasteiger partial charge in [-0.05, 0) is 81.3 Å². The molecule has 5 aliphatic rings. The van der Waals surface area contributed by atoms with Gasteiger partial charge in [-0.25, -0.2) is 0 Å². The highest BCUT2D eigenvalue weighted by Crippen LogP contribution is 2.55. The number of hydrogen-bond donors (Lipinski definition) is 1. The molecule has 3 nitrogen and oxygen atoms in total. The number of para-hydroxylation sites is 1. The van der Waals surface area contributed by atoms with Crippen molar-refractivity contribution in [2.45, 2.75) is 82.2 Å². The van der Waals surface area contributed by atoms with E-state index in [1.165, 1.54) is 76.3 Å². The van der Waals surface area contributed by atoms with Crippen molar-refractivity contribution in [2.24, 2.45) is 17.8 Å². The molecule has 4 bridgehead atoms. The highest BCUT2D eigenvalue weighted by atomic mass is 16.2. The number of hydrogen-bond acceptors (Lipinski definition) is 2. The second kappa shape index (κ2) is 7.14. The standard InChI is InChI=1S/C24H34N2O/c27-23(25-24-14-18-11-19(15-24)13-20(12-18)16-24)17-26(21-7-3-1-4-8-21)22-9-5-2-6-10-22/h1,3-4,7-8,18-20,22H,2,5-6,9-17H2,(H,25,27). The van der Waals surface area contributed by atoms with Crippen LogP contribution in [-0.2, 0) is 4.79 Å². The van der Waals surface area contributed by atoms with E-state index in [9.17, 15) is 4.79 Å². The molecule has 1 aromatic rings. The summed E-state index contributed by atoms with van der Waals surface area (Å²) < 4.78 is 0. The largest absolute Gasteiger partial charge is 0.359 e. The van der Waals surface area contributed by atoms with Gasteiger partial charge >= 0.3 is 0 Å². The van der Waals surface area contributed by atoms with Crippen molar-refractivity contribution in [2.75, 3.05) is 11.4 Å². The first-order valence-electron chi connectivity index (χ1n) is 11.3. The van der Waals surface area contributed by atoms with Crippen LogP contribution in [0, 0.1) is 17.8 Å². The van der Waals surface area contributed by atoms with Crippen molar-refractivity contribution in [3.63, 3.8) is 0 Å². The average Bonchev–Trinajstić information content (AvgIpc) is 2.66. The fourth-order valence-electron chi connectivity index (χ4n) is 7.20. The second-order valence-electron chi connectivity index (χ2n) is 10.0. The van der Waals surface area contributed by atoms with Crippen LogP contribution in [0.15, 0.2) is 30.3 Å². The average molecular weight is 367 g/mol. The molecule has 0 aromatic heterocycles. The minimum atomic E-state index is 0.126. The number of amides is 1. The maximum Gasteiger partial charge on any atom is 0.239 e. The summed E-state index contributed by atoms with van der Waals surface area (Å²) in [5.74, 6) is 2.88. The van der Waals surface area contributed by atoms with Gasteiger partial charge in [-0.2, -0.15) is 0 Å². The summed E-state index contributed by atoms with van der Waals surface area (Å²) in [5, 5.41) is 3.58. The van der Waals surface area contributed by atoms with Crippen LogP contribution in [0.25, 0.3) is 0 Å². The summed E-state index contributed by atoms with van der Waals surface area (Å²) in [5.41, 5.74) is 1.34. The number of rotatable bonds is 5. The lowest BCUT2D eigenvalue weighted by atomic mass is 9.53. The monoisotopic (exact) mass is 366 g/mol. The lowest BCUT2D eigenvalue weighted by Gasteiger charge is -2.57. The van der Waals surface area contributed by atoms with Crippen LogP contribution >= 0.6 is 0 Å². The summed E-state index contributed by atoms with van der Waals surface area (Å²) >= 11 is 0. The Kier molecular flexibility index (Phi) is 4.65. The highest BCUT2D eigenvalue weighted by Gasteiger charge is 2.51. The van der Waals surface area contributed by atoms with Crippen molar-refractivity contribution in [3.05, 3.63) is 30.3 Å². The van der Waals surface area contributed by atoms with E-state index in [1.54, 1.807) is 0 Å². The summed E-state index contributed by atoms with van der Waals surface area (Å²) in [6, 6.07) is 11.1. The Bertz CT molecular complexity index is 629. The molecule has 0 aliphatic heterocycles. The Balaban J connectivity index is 1.30.